The van der Waals surface area contributed by atoms with E-state index in [1.807, 2.05) is 18.2 Å². The Morgan fingerprint density at radius 1 is 1.30 bits per heavy atom. The highest BCUT2D eigenvalue weighted by atomic mass is 16.5. The van der Waals surface area contributed by atoms with Crippen LogP contribution < -0.4 is 4.74 Å². The summed E-state index contributed by atoms with van der Waals surface area (Å²) in [4.78, 5) is 13.4. The maximum Gasteiger partial charge on any atom is 0.353 e. The molecule has 0 radical (unpaired) electrons. The molecule has 2 aromatic rings. The number of nitrogens with zero attached hydrogens (tertiary/aromatic N) is 2. The van der Waals surface area contributed by atoms with E-state index >= 15 is 0 Å². The third-order valence-electron chi connectivity index (χ3n) is 4.23. The van der Waals surface area contributed by atoms with Crippen LogP contribution in [0.4, 0.5) is 0 Å². The second-order valence-electron chi connectivity index (χ2n) is 5.84. The number of aromatic carboxylic acids is 1. The van der Waals surface area contributed by atoms with Gasteiger partial charge in [-0.3, -0.25) is 10.00 Å². The van der Waals surface area contributed by atoms with Crippen molar-refractivity contribution < 1.29 is 14.6 Å². The van der Waals surface area contributed by atoms with Crippen molar-refractivity contribution in [2.24, 2.45) is 0 Å². The van der Waals surface area contributed by atoms with Gasteiger partial charge in [0, 0.05) is 17.7 Å². The van der Waals surface area contributed by atoms with Crippen LogP contribution in [0.3, 0.4) is 0 Å². The third-order valence-corrected chi connectivity index (χ3v) is 4.23. The quantitative estimate of drug-likeness (QED) is 0.887. The molecule has 1 aromatic carbocycles. The molecule has 1 aliphatic heterocycles. The summed E-state index contributed by atoms with van der Waals surface area (Å²) >= 11 is 0. The van der Waals surface area contributed by atoms with E-state index in [1.165, 1.54) is 19.3 Å². The van der Waals surface area contributed by atoms with Gasteiger partial charge in [0.15, 0.2) is 0 Å². The van der Waals surface area contributed by atoms with Crippen LogP contribution in [-0.2, 0) is 6.54 Å². The molecule has 0 bridgehead atoms. The number of ether oxygens (including phenoxy) is 1. The Labute approximate surface area is 135 Å². The molecule has 0 saturated carbocycles. The van der Waals surface area contributed by atoms with Crippen LogP contribution in [0.15, 0.2) is 24.3 Å². The topological polar surface area (TPSA) is 78.5 Å². The molecule has 2 N–H and O–H groups in total. The van der Waals surface area contributed by atoms with Gasteiger partial charge in [0.1, 0.15) is 11.4 Å². The Balaban J connectivity index is 1.86. The lowest BCUT2D eigenvalue weighted by molar-refractivity contribution is 0.0690. The molecule has 122 valence electrons. The minimum atomic E-state index is -1.01. The summed E-state index contributed by atoms with van der Waals surface area (Å²) in [6, 6.07) is 7.41. The number of aromatic amines is 1. The van der Waals surface area contributed by atoms with Gasteiger partial charge in [-0.2, -0.15) is 5.10 Å². The average Bonchev–Trinajstić information content (AvgIpc) is 3.06. The SMILES string of the molecule is COc1ccc(-c2cc(C(=O)O)[nH]n2)cc1CN1CCCCC1. The standard InChI is InChI=1S/C17H21N3O3/c1-23-16-6-5-12(14-10-15(17(21)22)19-18-14)9-13(16)11-20-7-3-2-4-8-20/h5-6,9-10H,2-4,7-8,11H2,1H3,(H,18,19)(H,21,22). The van der Waals surface area contributed by atoms with E-state index in [-0.39, 0.29) is 5.69 Å². The first-order valence-corrected chi connectivity index (χ1v) is 7.85. The first-order chi connectivity index (χ1) is 11.2. The fourth-order valence-electron chi connectivity index (χ4n) is 3.00. The van der Waals surface area contributed by atoms with Crippen molar-refractivity contribution in [2.45, 2.75) is 25.8 Å². The predicted octanol–water partition coefficient (Wildman–Crippen LogP) is 2.77. The van der Waals surface area contributed by atoms with Crippen molar-refractivity contribution >= 4 is 5.97 Å². The lowest BCUT2D eigenvalue weighted by Gasteiger charge is -2.27. The fraction of sp³-hybridized carbons (Fsp3) is 0.412. The summed E-state index contributed by atoms with van der Waals surface area (Å²) in [6.45, 7) is 3.06. The number of carboxylic acid groups (broad SMARTS) is 1. The van der Waals surface area contributed by atoms with Crippen LogP contribution in [0, 0.1) is 0 Å². The van der Waals surface area contributed by atoms with Gasteiger partial charge in [-0.05, 0) is 50.2 Å². The van der Waals surface area contributed by atoms with E-state index in [0.717, 1.165) is 36.5 Å². The van der Waals surface area contributed by atoms with Crippen LogP contribution in [0.2, 0.25) is 0 Å². The lowest BCUT2D eigenvalue weighted by atomic mass is 10.0. The zero-order valence-corrected chi connectivity index (χ0v) is 13.2. The molecule has 3 rings (SSSR count). The second kappa shape index (κ2) is 6.83. The molecule has 1 fully saturated rings. The summed E-state index contributed by atoms with van der Waals surface area (Å²) < 4.78 is 5.47. The Bertz CT molecular complexity index is 690. The number of carbonyl (C=O) groups is 1. The Morgan fingerprint density at radius 3 is 2.74 bits per heavy atom. The van der Waals surface area contributed by atoms with Crippen molar-refractivity contribution in [3.8, 4) is 17.0 Å². The smallest absolute Gasteiger partial charge is 0.353 e. The Morgan fingerprint density at radius 2 is 2.09 bits per heavy atom. The first kappa shape index (κ1) is 15.6. The minimum Gasteiger partial charge on any atom is -0.496 e. The number of carboxylic acids is 1. The molecule has 0 aliphatic carbocycles. The first-order valence-electron chi connectivity index (χ1n) is 7.85. The third kappa shape index (κ3) is 3.53. The normalized spacial score (nSPS) is 15.5. The fourth-order valence-corrected chi connectivity index (χ4v) is 3.00. The van der Waals surface area contributed by atoms with Gasteiger partial charge in [-0.25, -0.2) is 4.79 Å². The van der Waals surface area contributed by atoms with Gasteiger partial charge in [0.2, 0.25) is 0 Å². The van der Waals surface area contributed by atoms with E-state index in [2.05, 4.69) is 15.1 Å². The van der Waals surface area contributed by atoms with Crippen LogP contribution >= 0.6 is 0 Å². The summed E-state index contributed by atoms with van der Waals surface area (Å²) in [7, 11) is 1.67. The number of hydrogen-bond acceptors (Lipinski definition) is 4. The van der Waals surface area contributed by atoms with Crippen molar-refractivity contribution in [2.75, 3.05) is 20.2 Å². The molecule has 6 heteroatoms. The summed E-state index contributed by atoms with van der Waals surface area (Å²) in [5.41, 5.74) is 2.71. The van der Waals surface area contributed by atoms with Crippen molar-refractivity contribution in [1.82, 2.24) is 15.1 Å². The van der Waals surface area contributed by atoms with E-state index in [4.69, 9.17) is 9.84 Å². The lowest BCUT2D eigenvalue weighted by Crippen LogP contribution is -2.29. The highest BCUT2D eigenvalue weighted by molar-refractivity contribution is 5.86. The van der Waals surface area contributed by atoms with Crippen LogP contribution in [0.1, 0.15) is 35.3 Å². The molecule has 1 aliphatic rings. The molecule has 6 nitrogen and oxygen atoms in total. The molecule has 1 saturated heterocycles. The number of nitrogens with one attached hydrogen (secondary N) is 1. The van der Waals surface area contributed by atoms with Crippen LogP contribution in [0.25, 0.3) is 11.3 Å². The Kier molecular flexibility index (Phi) is 4.62. The monoisotopic (exact) mass is 315 g/mol. The summed E-state index contributed by atoms with van der Waals surface area (Å²) in [6.07, 6.45) is 3.78. The molecular weight excluding hydrogens is 294 g/mol. The van der Waals surface area contributed by atoms with Crippen molar-refractivity contribution in [3.05, 3.63) is 35.5 Å². The van der Waals surface area contributed by atoms with Crippen LogP contribution in [0.5, 0.6) is 5.75 Å². The molecule has 2 heterocycles. The Hall–Kier alpha value is -2.34. The molecule has 0 spiro atoms. The molecule has 0 amide bonds. The van der Waals surface area contributed by atoms with E-state index in [1.54, 1.807) is 13.2 Å². The highest BCUT2D eigenvalue weighted by Crippen LogP contribution is 2.28. The molecule has 23 heavy (non-hydrogen) atoms. The molecule has 1 aromatic heterocycles. The minimum absolute atomic E-state index is 0.0911. The van der Waals surface area contributed by atoms with Gasteiger partial charge in [-0.15, -0.1) is 0 Å². The predicted molar refractivity (Wildman–Crippen MR) is 86.7 cm³/mol. The molecule has 0 atom stereocenters. The number of hydrogen-bond donors (Lipinski definition) is 2. The number of H-pyrrole nitrogens is 1. The van der Waals surface area contributed by atoms with Gasteiger partial charge < -0.3 is 9.84 Å². The van der Waals surface area contributed by atoms with Gasteiger partial charge in [-0.1, -0.05) is 6.42 Å². The number of benzene rings is 1. The van der Waals surface area contributed by atoms with Gasteiger partial charge in [0.05, 0.1) is 12.8 Å². The average molecular weight is 315 g/mol. The highest BCUT2D eigenvalue weighted by Gasteiger charge is 2.15. The van der Waals surface area contributed by atoms with E-state index < -0.39 is 5.97 Å². The second-order valence-corrected chi connectivity index (χ2v) is 5.84. The van der Waals surface area contributed by atoms with E-state index in [0.29, 0.717) is 5.69 Å². The number of aromatic nitrogens is 2. The summed E-state index contributed by atoms with van der Waals surface area (Å²) in [5, 5.41) is 15.6. The molecular formula is C17H21N3O3. The largest absolute Gasteiger partial charge is 0.496 e. The van der Waals surface area contributed by atoms with Gasteiger partial charge in [0.25, 0.3) is 0 Å². The van der Waals surface area contributed by atoms with Crippen LogP contribution in [-0.4, -0.2) is 46.4 Å². The molecule has 0 unspecified atom stereocenters. The van der Waals surface area contributed by atoms with E-state index in [9.17, 15) is 4.79 Å². The maximum absolute atomic E-state index is 11.0. The number of methoxy groups -OCH3 is 1. The van der Waals surface area contributed by atoms with Gasteiger partial charge >= 0.3 is 5.97 Å². The number of likely N-dealkylation sites (tertiary alicyclic amines) is 1. The zero-order valence-electron chi connectivity index (χ0n) is 13.2. The van der Waals surface area contributed by atoms with Crippen molar-refractivity contribution in [1.29, 1.82) is 0 Å². The summed E-state index contributed by atoms with van der Waals surface area (Å²) in [5.74, 6) is -0.154. The number of piperidine rings is 1. The maximum atomic E-state index is 11.0. The zero-order chi connectivity index (χ0) is 16.2. The van der Waals surface area contributed by atoms with Crippen molar-refractivity contribution in [3.63, 3.8) is 0 Å². The number of rotatable bonds is 5.